The molecule has 0 amide bonds. The molecule has 60 heavy (non-hydrogen) atoms. The first-order chi connectivity index (χ1) is 29.7. The van der Waals surface area contributed by atoms with Gasteiger partial charge in [0.05, 0.1) is 0 Å². The van der Waals surface area contributed by atoms with Gasteiger partial charge in [0.15, 0.2) is 17.5 Å². The number of fused-ring (bicyclic) bond motifs is 7. The van der Waals surface area contributed by atoms with Crippen LogP contribution in [-0.4, -0.2) is 15.0 Å². The van der Waals surface area contributed by atoms with Crippen LogP contribution < -0.4 is 0 Å². The van der Waals surface area contributed by atoms with Crippen LogP contribution in [0.5, 0.6) is 0 Å². The average Bonchev–Trinajstić information content (AvgIpc) is 3.89. The summed E-state index contributed by atoms with van der Waals surface area (Å²) in [5, 5.41) is 6.97. The molecule has 3 aromatic heterocycles. The number of para-hydroxylation sites is 1. The van der Waals surface area contributed by atoms with Crippen LogP contribution in [0, 0.1) is 0 Å². The van der Waals surface area contributed by atoms with E-state index in [1.165, 1.54) is 42.1 Å². The predicted molar refractivity (Wildman–Crippen MR) is 250 cm³/mol. The number of benzene rings is 9. The van der Waals surface area contributed by atoms with Crippen molar-refractivity contribution in [1.29, 1.82) is 0 Å². The molecule has 0 saturated heterocycles. The zero-order chi connectivity index (χ0) is 39.6. The summed E-state index contributed by atoms with van der Waals surface area (Å²) in [6.45, 7) is 0. The molecular weight excluding hydrogens is 751 g/mol. The van der Waals surface area contributed by atoms with E-state index in [4.69, 9.17) is 19.4 Å². The molecular formula is C55H33N3OS. The second kappa shape index (κ2) is 14.0. The summed E-state index contributed by atoms with van der Waals surface area (Å²) in [7, 11) is 0. The quantitative estimate of drug-likeness (QED) is 0.169. The van der Waals surface area contributed by atoms with Crippen molar-refractivity contribution < 1.29 is 4.42 Å². The Balaban J connectivity index is 1.09. The number of furan rings is 1. The number of thiophene rings is 1. The van der Waals surface area contributed by atoms with Crippen LogP contribution >= 0.6 is 11.3 Å². The zero-order valence-electron chi connectivity index (χ0n) is 32.2. The minimum atomic E-state index is 0.600. The highest BCUT2D eigenvalue weighted by Crippen LogP contribution is 2.40. The lowest BCUT2D eigenvalue weighted by Gasteiger charge is -2.15. The second-order valence-electron chi connectivity index (χ2n) is 15.2. The van der Waals surface area contributed by atoms with Gasteiger partial charge in [-0.1, -0.05) is 146 Å². The summed E-state index contributed by atoms with van der Waals surface area (Å²) in [5.41, 5.74) is 11.3. The van der Waals surface area contributed by atoms with Gasteiger partial charge in [0, 0.05) is 47.6 Å². The Morgan fingerprint density at radius 1 is 0.283 bits per heavy atom. The Labute approximate surface area is 349 Å². The van der Waals surface area contributed by atoms with Gasteiger partial charge in [-0.2, -0.15) is 0 Å². The zero-order valence-corrected chi connectivity index (χ0v) is 33.0. The summed E-state index contributed by atoms with van der Waals surface area (Å²) in [4.78, 5) is 15.8. The third-order valence-electron chi connectivity index (χ3n) is 11.5. The molecule has 0 aliphatic carbocycles. The van der Waals surface area contributed by atoms with E-state index < -0.39 is 0 Å². The third-order valence-corrected chi connectivity index (χ3v) is 12.7. The number of aromatic nitrogens is 3. The van der Waals surface area contributed by atoms with Crippen LogP contribution in [0.15, 0.2) is 205 Å². The molecule has 0 fully saturated rings. The van der Waals surface area contributed by atoms with E-state index in [9.17, 15) is 0 Å². The fourth-order valence-electron chi connectivity index (χ4n) is 8.63. The van der Waals surface area contributed by atoms with Gasteiger partial charge in [-0.3, -0.25) is 0 Å². The minimum absolute atomic E-state index is 0.600. The van der Waals surface area contributed by atoms with Gasteiger partial charge in [0.1, 0.15) is 11.2 Å². The topological polar surface area (TPSA) is 51.8 Å². The van der Waals surface area contributed by atoms with Crippen LogP contribution in [0.4, 0.5) is 0 Å². The smallest absolute Gasteiger partial charge is 0.164 e. The molecule has 4 nitrogen and oxygen atoms in total. The van der Waals surface area contributed by atoms with Crippen molar-refractivity contribution in [1.82, 2.24) is 15.0 Å². The Morgan fingerprint density at radius 3 is 1.58 bits per heavy atom. The van der Waals surface area contributed by atoms with E-state index in [0.29, 0.717) is 17.5 Å². The molecule has 5 heteroatoms. The van der Waals surface area contributed by atoms with Crippen molar-refractivity contribution in [3.05, 3.63) is 200 Å². The fraction of sp³-hybridized carbons (Fsp3) is 0. The summed E-state index contributed by atoms with van der Waals surface area (Å²) >= 11 is 1.79. The molecule has 280 valence electrons. The van der Waals surface area contributed by atoms with Gasteiger partial charge >= 0.3 is 0 Å². The lowest BCUT2D eigenvalue weighted by atomic mass is 9.90. The molecule has 0 radical (unpaired) electrons. The first-order valence-electron chi connectivity index (χ1n) is 20.1. The van der Waals surface area contributed by atoms with E-state index in [-0.39, 0.29) is 0 Å². The maximum atomic E-state index is 6.22. The van der Waals surface area contributed by atoms with E-state index in [1.807, 2.05) is 24.3 Å². The van der Waals surface area contributed by atoms with Crippen LogP contribution in [0.2, 0.25) is 0 Å². The molecule has 3 heterocycles. The average molecular weight is 784 g/mol. The molecule has 0 saturated carbocycles. The van der Waals surface area contributed by atoms with Gasteiger partial charge in [-0.15, -0.1) is 11.3 Å². The minimum Gasteiger partial charge on any atom is -0.456 e. The molecule has 0 atom stereocenters. The highest BCUT2D eigenvalue weighted by molar-refractivity contribution is 7.25. The van der Waals surface area contributed by atoms with Gasteiger partial charge < -0.3 is 4.42 Å². The Kier molecular flexibility index (Phi) is 8.00. The molecule has 12 rings (SSSR count). The first kappa shape index (κ1) is 34.3. The molecule has 0 unspecified atom stereocenters. The summed E-state index contributed by atoms with van der Waals surface area (Å²) in [5.74, 6) is 1.83. The van der Waals surface area contributed by atoms with Crippen molar-refractivity contribution in [3.8, 4) is 67.5 Å². The molecule has 9 aromatic carbocycles. The van der Waals surface area contributed by atoms with Gasteiger partial charge in [0.2, 0.25) is 0 Å². The van der Waals surface area contributed by atoms with E-state index in [2.05, 4.69) is 176 Å². The van der Waals surface area contributed by atoms with Crippen molar-refractivity contribution in [2.45, 2.75) is 0 Å². The number of hydrogen-bond donors (Lipinski definition) is 0. The maximum absolute atomic E-state index is 6.22. The third kappa shape index (κ3) is 5.86. The normalized spacial score (nSPS) is 11.7. The lowest BCUT2D eigenvalue weighted by Crippen LogP contribution is -2.00. The van der Waals surface area contributed by atoms with E-state index >= 15 is 0 Å². The summed E-state index contributed by atoms with van der Waals surface area (Å²) in [6.07, 6.45) is 0. The van der Waals surface area contributed by atoms with Gasteiger partial charge in [-0.05, 0) is 98.8 Å². The van der Waals surface area contributed by atoms with Gasteiger partial charge in [-0.25, -0.2) is 15.0 Å². The SMILES string of the molecule is c1ccc(-c2cc(-c3nc(-c4ccc5c(c4)sc4ccccc45)nc(-c4ccc5oc6ccccc6c5c4)n3)cc(-c3cccc4c(-c5ccccc5)cccc34)c2)cc1. The molecule has 0 aliphatic heterocycles. The van der Waals surface area contributed by atoms with Crippen LogP contribution in [-0.2, 0) is 0 Å². The van der Waals surface area contributed by atoms with Crippen LogP contribution in [0.3, 0.4) is 0 Å². The maximum Gasteiger partial charge on any atom is 0.164 e. The van der Waals surface area contributed by atoms with Crippen molar-refractivity contribution in [2.75, 3.05) is 0 Å². The largest absolute Gasteiger partial charge is 0.456 e. The molecule has 0 bridgehead atoms. The number of rotatable bonds is 6. The van der Waals surface area contributed by atoms with Crippen LogP contribution in [0.1, 0.15) is 0 Å². The van der Waals surface area contributed by atoms with Crippen molar-refractivity contribution >= 4 is 64.2 Å². The molecule has 0 spiro atoms. The Hall–Kier alpha value is -7.73. The molecule has 0 aliphatic rings. The fourth-order valence-corrected chi connectivity index (χ4v) is 9.78. The molecule has 0 N–H and O–H groups in total. The predicted octanol–water partition coefficient (Wildman–Crippen LogP) is 15.3. The lowest BCUT2D eigenvalue weighted by molar-refractivity contribution is 0.669. The highest BCUT2D eigenvalue weighted by atomic mass is 32.1. The summed E-state index contributed by atoms with van der Waals surface area (Å²) < 4.78 is 8.67. The Bertz CT molecular complexity index is 3610. The second-order valence-corrected chi connectivity index (χ2v) is 16.2. The monoisotopic (exact) mass is 783 g/mol. The van der Waals surface area contributed by atoms with E-state index in [0.717, 1.165) is 60.9 Å². The standard InChI is InChI=1S/C55H33N3OS/c1-3-13-34(14-4-1)38-29-39(42-20-12-21-43-41(19-11-22-44(42)43)35-15-5-2-6-16-35)31-40(30-38)55-57-53(36-26-28-50-48(32-36)45-17-7-9-23-49(45)59-50)56-54(58-55)37-25-27-47-46-18-8-10-24-51(46)60-52(47)33-37/h1-33H. The summed E-state index contributed by atoms with van der Waals surface area (Å²) in [6, 6.07) is 70.6. The first-order valence-corrected chi connectivity index (χ1v) is 20.9. The van der Waals surface area contributed by atoms with Gasteiger partial charge in [0.25, 0.3) is 0 Å². The van der Waals surface area contributed by atoms with Crippen LogP contribution in [0.25, 0.3) is 120 Å². The van der Waals surface area contributed by atoms with Crippen molar-refractivity contribution in [3.63, 3.8) is 0 Å². The van der Waals surface area contributed by atoms with E-state index in [1.54, 1.807) is 11.3 Å². The number of hydrogen-bond acceptors (Lipinski definition) is 5. The number of nitrogens with zero attached hydrogens (tertiary/aromatic N) is 3. The molecule has 12 aromatic rings. The Morgan fingerprint density at radius 2 is 0.817 bits per heavy atom. The van der Waals surface area contributed by atoms with Crippen molar-refractivity contribution in [2.24, 2.45) is 0 Å². The highest BCUT2D eigenvalue weighted by Gasteiger charge is 2.18.